The molecule has 0 saturated carbocycles. The Morgan fingerprint density at radius 3 is 2.95 bits per heavy atom. The lowest BCUT2D eigenvalue weighted by Gasteiger charge is -2.16. The third-order valence-corrected chi connectivity index (χ3v) is 4.90. The highest BCUT2D eigenvalue weighted by atomic mass is 32.1. The van der Waals surface area contributed by atoms with Crippen LogP contribution in [0.25, 0.3) is 0 Å². The molecule has 1 unspecified atom stereocenters. The topological polar surface area (TPSA) is 51.0 Å². The number of thiophene rings is 1. The smallest absolute Gasteiger partial charge is 0.223 e. The van der Waals surface area contributed by atoms with Gasteiger partial charge in [-0.3, -0.25) is 4.79 Å². The van der Waals surface area contributed by atoms with Crippen LogP contribution in [0.2, 0.25) is 0 Å². The Kier molecular flexibility index (Phi) is 3.82. The van der Waals surface area contributed by atoms with E-state index in [4.69, 9.17) is 0 Å². The summed E-state index contributed by atoms with van der Waals surface area (Å²) in [7, 11) is 0. The van der Waals surface area contributed by atoms with Gasteiger partial charge in [-0.15, -0.1) is 11.3 Å². The zero-order chi connectivity index (χ0) is 13.9. The van der Waals surface area contributed by atoms with Gasteiger partial charge in [-0.1, -0.05) is 0 Å². The largest absolute Gasteiger partial charge is 0.340 e. The molecule has 0 aliphatic carbocycles. The average molecular weight is 290 g/mol. The van der Waals surface area contributed by atoms with Gasteiger partial charge < -0.3 is 4.90 Å². The quantitative estimate of drug-likeness (QED) is 0.866. The molecular formula is C14H18N4OS. The van der Waals surface area contributed by atoms with Crippen molar-refractivity contribution in [1.29, 1.82) is 0 Å². The van der Waals surface area contributed by atoms with Crippen LogP contribution in [0.4, 0.5) is 0 Å². The Labute approximate surface area is 122 Å². The molecule has 20 heavy (non-hydrogen) atoms. The first kappa shape index (κ1) is 13.3. The van der Waals surface area contributed by atoms with E-state index in [-0.39, 0.29) is 11.9 Å². The Hall–Kier alpha value is -1.69. The number of aromatic nitrogens is 3. The fourth-order valence-corrected chi connectivity index (χ4v) is 3.52. The maximum Gasteiger partial charge on any atom is 0.223 e. The molecule has 6 heteroatoms. The number of carbonyl (C=O) groups excluding carboxylic acids is 1. The molecule has 1 atom stereocenters. The summed E-state index contributed by atoms with van der Waals surface area (Å²) in [6.45, 7) is 3.65. The molecule has 5 nitrogen and oxygen atoms in total. The maximum absolute atomic E-state index is 12.2. The second-order valence-electron chi connectivity index (χ2n) is 5.16. The van der Waals surface area contributed by atoms with Gasteiger partial charge in [0, 0.05) is 24.4 Å². The summed E-state index contributed by atoms with van der Waals surface area (Å²) >= 11 is 1.74. The fraction of sp³-hybridized carbons (Fsp3) is 0.500. The van der Waals surface area contributed by atoms with Gasteiger partial charge in [-0.05, 0) is 36.8 Å². The van der Waals surface area contributed by atoms with Crippen LogP contribution in [-0.2, 0) is 11.2 Å². The van der Waals surface area contributed by atoms with Crippen molar-refractivity contribution in [3.8, 4) is 0 Å². The highest BCUT2D eigenvalue weighted by Gasteiger charge is 2.28. The Bertz CT molecular complexity index is 578. The second kappa shape index (κ2) is 5.75. The molecule has 0 bridgehead atoms. The normalized spacial score (nSPS) is 18.6. The van der Waals surface area contributed by atoms with Gasteiger partial charge in [0.05, 0.1) is 18.4 Å². The van der Waals surface area contributed by atoms with E-state index < -0.39 is 0 Å². The molecule has 1 aliphatic rings. The van der Waals surface area contributed by atoms with Crippen molar-refractivity contribution in [2.75, 3.05) is 13.1 Å². The second-order valence-corrected chi connectivity index (χ2v) is 6.16. The van der Waals surface area contributed by atoms with E-state index in [1.54, 1.807) is 28.5 Å². The van der Waals surface area contributed by atoms with E-state index in [1.807, 2.05) is 4.90 Å². The molecule has 0 radical (unpaired) electrons. The number of aryl methyl sites for hydroxylation is 2. The molecular weight excluding hydrogens is 272 g/mol. The van der Waals surface area contributed by atoms with Crippen LogP contribution in [0.1, 0.15) is 29.3 Å². The zero-order valence-corrected chi connectivity index (χ0v) is 12.3. The Morgan fingerprint density at radius 1 is 1.45 bits per heavy atom. The molecule has 3 rings (SSSR count). The first-order valence-electron chi connectivity index (χ1n) is 6.90. The van der Waals surface area contributed by atoms with Crippen LogP contribution in [0.3, 0.4) is 0 Å². The first-order chi connectivity index (χ1) is 9.74. The number of rotatable bonds is 4. The number of amides is 1. The van der Waals surface area contributed by atoms with Crippen molar-refractivity contribution in [3.05, 3.63) is 34.3 Å². The van der Waals surface area contributed by atoms with E-state index in [0.29, 0.717) is 6.42 Å². The number of nitrogens with zero attached hydrogens (tertiary/aromatic N) is 4. The van der Waals surface area contributed by atoms with Gasteiger partial charge in [0.1, 0.15) is 0 Å². The zero-order valence-electron chi connectivity index (χ0n) is 11.5. The minimum absolute atomic E-state index is 0.234. The molecule has 2 aromatic heterocycles. The minimum Gasteiger partial charge on any atom is -0.340 e. The number of carbonyl (C=O) groups is 1. The average Bonchev–Trinajstić information content (AvgIpc) is 3.17. The molecule has 1 amide bonds. The predicted molar refractivity (Wildman–Crippen MR) is 77.6 cm³/mol. The van der Waals surface area contributed by atoms with Crippen molar-refractivity contribution < 1.29 is 4.79 Å². The lowest BCUT2D eigenvalue weighted by molar-refractivity contribution is -0.130. The van der Waals surface area contributed by atoms with Crippen molar-refractivity contribution in [1.82, 2.24) is 19.9 Å². The minimum atomic E-state index is 0.234. The van der Waals surface area contributed by atoms with Gasteiger partial charge in [-0.2, -0.15) is 15.0 Å². The maximum atomic E-state index is 12.2. The number of hydrogen-bond acceptors (Lipinski definition) is 4. The third kappa shape index (κ3) is 2.75. The van der Waals surface area contributed by atoms with E-state index in [9.17, 15) is 4.79 Å². The van der Waals surface area contributed by atoms with Crippen molar-refractivity contribution in [3.63, 3.8) is 0 Å². The summed E-state index contributed by atoms with van der Waals surface area (Å²) in [4.78, 5) is 17.2. The molecule has 1 aliphatic heterocycles. The van der Waals surface area contributed by atoms with Crippen molar-refractivity contribution >= 4 is 17.2 Å². The number of likely N-dealkylation sites (tertiary alicyclic amines) is 1. The monoisotopic (exact) mass is 290 g/mol. The third-order valence-electron chi connectivity index (χ3n) is 3.81. The summed E-state index contributed by atoms with van der Waals surface area (Å²) in [5.41, 5.74) is 1.29. The molecule has 0 spiro atoms. The summed E-state index contributed by atoms with van der Waals surface area (Å²) in [5, 5.41) is 10.4. The molecule has 106 valence electrons. The molecule has 0 aromatic carbocycles. The SMILES string of the molecule is Cc1ccsc1CCC(=O)N1CCC(n2nccn2)C1. The van der Waals surface area contributed by atoms with Crippen molar-refractivity contribution in [2.24, 2.45) is 0 Å². The molecule has 1 fully saturated rings. The number of hydrogen-bond donors (Lipinski definition) is 0. The lowest BCUT2D eigenvalue weighted by atomic mass is 10.2. The first-order valence-corrected chi connectivity index (χ1v) is 7.78. The molecule has 3 heterocycles. The van der Waals surface area contributed by atoms with Crippen LogP contribution in [-0.4, -0.2) is 38.9 Å². The van der Waals surface area contributed by atoms with E-state index in [1.165, 1.54) is 10.4 Å². The summed E-state index contributed by atoms with van der Waals surface area (Å²) in [6.07, 6.45) is 5.76. The highest BCUT2D eigenvalue weighted by molar-refractivity contribution is 7.10. The summed E-state index contributed by atoms with van der Waals surface area (Å²) in [6, 6.07) is 2.34. The Balaban J connectivity index is 1.53. The Morgan fingerprint density at radius 2 is 2.25 bits per heavy atom. The van der Waals surface area contributed by atoms with Crippen LogP contribution in [0.5, 0.6) is 0 Å². The summed E-state index contributed by atoms with van der Waals surface area (Å²) < 4.78 is 0. The standard InChI is InChI=1S/C14H18N4OS/c1-11-5-9-20-13(11)2-3-14(19)17-8-4-12(10-17)18-15-6-7-16-18/h5-7,9,12H,2-4,8,10H2,1H3. The van der Waals surface area contributed by atoms with Crippen LogP contribution in [0, 0.1) is 6.92 Å². The van der Waals surface area contributed by atoms with Crippen molar-refractivity contribution in [2.45, 2.75) is 32.2 Å². The molecule has 0 N–H and O–H groups in total. The van der Waals surface area contributed by atoms with Gasteiger partial charge in [-0.25, -0.2) is 0 Å². The van der Waals surface area contributed by atoms with Gasteiger partial charge in [0.15, 0.2) is 0 Å². The van der Waals surface area contributed by atoms with Gasteiger partial charge in [0.25, 0.3) is 0 Å². The van der Waals surface area contributed by atoms with Gasteiger partial charge in [0.2, 0.25) is 5.91 Å². The molecule has 2 aromatic rings. The predicted octanol–water partition coefficient (Wildman–Crippen LogP) is 2.05. The van der Waals surface area contributed by atoms with Gasteiger partial charge >= 0.3 is 0 Å². The summed E-state index contributed by atoms with van der Waals surface area (Å²) in [5.74, 6) is 0.243. The van der Waals surface area contributed by atoms with E-state index in [2.05, 4.69) is 28.6 Å². The van der Waals surface area contributed by atoms with Crippen LogP contribution < -0.4 is 0 Å². The van der Waals surface area contributed by atoms with Crippen LogP contribution >= 0.6 is 11.3 Å². The van der Waals surface area contributed by atoms with E-state index in [0.717, 1.165) is 25.9 Å². The lowest BCUT2D eigenvalue weighted by Crippen LogP contribution is -2.29. The van der Waals surface area contributed by atoms with Crippen LogP contribution in [0.15, 0.2) is 23.8 Å². The molecule has 1 saturated heterocycles. The highest BCUT2D eigenvalue weighted by Crippen LogP contribution is 2.22. The van der Waals surface area contributed by atoms with E-state index >= 15 is 0 Å². The fourth-order valence-electron chi connectivity index (χ4n) is 2.61.